The lowest BCUT2D eigenvalue weighted by molar-refractivity contribution is 0.0959. The molecule has 0 saturated carbocycles. The fourth-order valence-corrected chi connectivity index (χ4v) is 3.87. The van der Waals surface area contributed by atoms with Gasteiger partial charge in [-0.25, -0.2) is 5.43 Å². The highest BCUT2D eigenvalue weighted by Gasteiger charge is 2.20. The van der Waals surface area contributed by atoms with Crippen LogP contribution in [0.5, 0.6) is 5.75 Å². The molecule has 1 aromatic heterocycles. The third kappa shape index (κ3) is 3.62. The molecule has 0 aliphatic heterocycles. The third-order valence-corrected chi connectivity index (χ3v) is 5.40. The van der Waals surface area contributed by atoms with E-state index in [0.717, 1.165) is 23.3 Å². The summed E-state index contributed by atoms with van der Waals surface area (Å²) in [4.78, 5) is 14.4. The molecule has 1 aliphatic rings. The molecular formula is C18H20N2O2S. The lowest BCUT2D eigenvalue weighted by atomic mass is 9.90. The molecule has 2 N–H and O–H groups in total. The van der Waals surface area contributed by atoms with Crippen LogP contribution in [0.15, 0.2) is 35.4 Å². The standard InChI is InChI=1S/C18H20N2O2S/c1-11-3-8-16-14(9-11)10-17(23-16)18(22)20-19-12(2)13-4-6-15(21)7-5-13/h4-7,10-11,21H,3,8-9H2,1-2H3,(H,20,22). The quantitative estimate of drug-likeness (QED) is 0.666. The van der Waals surface area contributed by atoms with Crippen molar-refractivity contribution in [3.05, 3.63) is 51.2 Å². The van der Waals surface area contributed by atoms with Gasteiger partial charge in [0.1, 0.15) is 5.75 Å². The Hall–Kier alpha value is -2.14. The molecule has 1 amide bonds. The fraction of sp³-hybridized carbons (Fsp3) is 0.333. The maximum Gasteiger partial charge on any atom is 0.281 e. The number of amides is 1. The highest BCUT2D eigenvalue weighted by atomic mass is 32.1. The Kier molecular flexibility index (Phi) is 4.48. The number of benzene rings is 1. The van der Waals surface area contributed by atoms with Gasteiger partial charge in [-0.1, -0.05) is 6.92 Å². The van der Waals surface area contributed by atoms with Gasteiger partial charge in [-0.2, -0.15) is 5.10 Å². The molecule has 1 aromatic carbocycles. The van der Waals surface area contributed by atoms with Crippen molar-refractivity contribution in [1.29, 1.82) is 0 Å². The summed E-state index contributed by atoms with van der Waals surface area (Å²) < 4.78 is 0. The van der Waals surface area contributed by atoms with Gasteiger partial charge < -0.3 is 5.11 Å². The van der Waals surface area contributed by atoms with Gasteiger partial charge in [0, 0.05) is 4.88 Å². The predicted octanol–water partition coefficient (Wildman–Crippen LogP) is 3.73. The Morgan fingerprint density at radius 3 is 2.83 bits per heavy atom. The molecule has 1 heterocycles. The van der Waals surface area contributed by atoms with E-state index in [1.807, 2.05) is 13.0 Å². The molecule has 4 nitrogen and oxygen atoms in total. The van der Waals surface area contributed by atoms with E-state index in [2.05, 4.69) is 17.5 Å². The average Bonchev–Trinajstić information content (AvgIpc) is 2.96. The number of aromatic hydroxyl groups is 1. The van der Waals surface area contributed by atoms with Crippen molar-refractivity contribution in [3.8, 4) is 5.75 Å². The molecule has 1 unspecified atom stereocenters. The minimum Gasteiger partial charge on any atom is -0.508 e. The molecule has 0 fully saturated rings. The number of nitrogens with one attached hydrogen (secondary N) is 1. The van der Waals surface area contributed by atoms with Crippen LogP contribution >= 0.6 is 11.3 Å². The van der Waals surface area contributed by atoms with E-state index in [1.54, 1.807) is 35.6 Å². The van der Waals surface area contributed by atoms with Gasteiger partial charge in [-0.3, -0.25) is 4.79 Å². The fourth-order valence-electron chi connectivity index (χ4n) is 2.77. The summed E-state index contributed by atoms with van der Waals surface area (Å²) in [5.74, 6) is 0.752. The van der Waals surface area contributed by atoms with Gasteiger partial charge in [0.05, 0.1) is 10.6 Å². The summed E-state index contributed by atoms with van der Waals surface area (Å²) in [6.07, 6.45) is 3.34. The molecule has 0 saturated heterocycles. The van der Waals surface area contributed by atoms with E-state index in [0.29, 0.717) is 11.6 Å². The van der Waals surface area contributed by atoms with Gasteiger partial charge >= 0.3 is 0 Å². The van der Waals surface area contributed by atoms with E-state index in [-0.39, 0.29) is 11.7 Å². The first-order chi connectivity index (χ1) is 11.0. The monoisotopic (exact) mass is 328 g/mol. The Balaban J connectivity index is 1.69. The number of thiophene rings is 1. The zero-order valence-corrected chi connectivity index (χ0v) is 14.1. The number of hydrazone groups is 1. The number of fused-ring (bicyclic) bond motifs is 1. The molecule has 0 spiro atoms. The largest absolute Gasteiger partial charge is 0.508 e. The van der Waals surface area contributed by atoms with Crippen molar-refractivity contribution < 1.29 is 9.90 Å². The maximum absolute atomic E-state index is 12.3. The number of carbonyl (C=O) groups excluding carboxylic acids is 1. The molecule has 120 valence electrons. The number of nitrogens with zero attached hydrogens (tertiary/aromatic N) is 1. The normalized spacial score (nSPS) is 17.7. The Morgan fingerprint density at radius 2 is 2.09 bits per heavy atom. The topological polar surface area (TPSA) is 61.7 Å². The van der Waals surface area contributed by atoms with Crippen LogP contribution in [-0.2, 0) is 12.8 Å². The van der Waals surface area contributed by atoms with Crippen molar-refractivity contribution in [1.82, 2.24) is 5.43 Å². The van der Waals surface area contributed by atoms with Crippen LogP contribution in [0.1, 0.15) is 45.9 Å². The first-order valence-electron chi connectivity index (χ1n) is 7.78. The summed E-state index contributed by atoms with van der Waals surface area (Å²) in [6.45, 7) is 4.08. The molecule has 23 heavy (non-hydrogen) atoms. The van der Waals surface area contributed by atoms with E-state index >= 15 is 0 Å². The Morgan fingerprint density at radius 1 is 1.35 bits per heavy atom. The third-order valence-electron chi connectivity index (χ3n) is 4.16. The van der Waals surface area contributed by atoms with E-state index in [9.17, 15) is 9.90 Å². The summed E-state index contributed by atoms with van der Waals surface area (Å²) in [7, 11) is 0. The van der Waals surface area contributed by atoms with Crippen molar-refractivity contribution in [2.45, 2.75) is 33.1 Å². The summed E-state index contributed by atoms with van der Waals surface area (Å²) in [6, 6.07) is 8.75. The highest BCUT2D eigenvalue weighted by Crippen LogP contribution is 2.32. The highest BCUT2D eigenvalue weighted by molar-refractivity contribution is 7.14. The minimum atomic E-state index is -0.157. The van der Waals surface area contributed by atoms with Crippen molar-refractivity contribution in [2.75, 3.05) is 0 Å². The van der Waals surface area contributed by atoms with E-state index in [1.165, 1.54) is 16.9 Å². The second-order valence-corrected chi connectivity index (χ2v) is 7.23. The number of hydrogen-bond acceptors (Lipinski definition) is 4. The average molecular weight is 328 g/mol. The number of phenols is 1. The number of carbonyl (C=O) groups is 1. The van der Waals surface area contributed by atoms with Crippen LogP contribution in [-0.4, -0.2) is 16.7 Å². The predicted molar refractivity (Wildman–Crippen MR) is 93.3 cm³/mol. The Bertz CT molecular complexity index is 747. The van der Waals surface area contributed by atoms with E-state index in [4.69, 9.17) is 0 Å². The van der Waals surface area contributed by atoms with Crippen LogP contribution in [0.25, 0.3) is 0 Å². The van der Waals surface area contributed by atoms with Gasteiger partial charge in [0.2, 0.25) is 0 Å². The summed E-state index contributed by atoms with van der Waals surface area (Å²) in [5, 5.41) is 13.5. The molecule has 2 aromatic rings. The van der Waals surface area contributed by atoms with Crippen LogP contribution in [0.3, 0.4) is 0 Å². The van der Waals surface area contributed by atoms with Crippen LogP contribution < -0.4 is 5.43 Å². The zero-order valence-electron chi connectivity index (χ0n) is 13.3. The van der Waals surface area contributed by atoms with Gasteiger partial charge in [-0.15, -0.1) is 11.3 Å². The first-order valence-corrected chi connectivity index (χ1v) is 8.60. The first kappa shape index (κ1) is 15.7. The molecule has 1 atom stereocenters. The van der Waals surface area contributed by atoms with E-state index < -0.39 is 0 Å². The molecule has 0 radical (unpaired) electrons. The number of aryl methyl sites for hydroxylation is 1. The smallest absolute Gasteiger partial charge is 0.281 e. The van der Waals surface area contributed by atoms with Gasteiger partial charge in [-0.05, 0) is 73.6 Å². The molecule has 3 rings (SSSR count). The molecule has 0 bridgehead atoms. The number of phenolic OH excluding ortho intramolecular Hbond substituents is 1. The summed E-state index contributed by atoms with van der Waals surface area (Å²) >= 11 is 1.58. The second-order valence-electron chi connectivity index (χ2n) is 6.09. The van der Waals surface area contributed by atoms with Gasteiger partial charge in [0.25, 0.3) is 5.91 Å². The van der Waals surface area contributed by atoms with Crippen LogP contribution in [0.2, 0.25) is 0 Å². The van der Waals surface area contributed by atoms with Crippen LogP contribution in [0.4, 0.5) is 0 Å². The minimum absolute atomic E-state index is 0.157. The summed E-state index contributed by atoms with van der Waals surface area (Å²) in [5.41, 5.74) is 5.51. The molecular weight excluding hydrogens is 308 g/mol. The molecule has 5 heteroatoms. The SMILES string of the molecule is CC(=NNC(=O)c1cc2c(s1)CCC(C)C2)c1ccc(O)cc1. The van der Waals surface area contributed by atoms with Crippen molar-refractivity contribution in [2.24, 2.45) is 11.0 Å². The number of rotatable bonds is 3. The molecule has 1 aliphatic carbocycles. The Labute approximate surface area is 139 Å². The maximum atomic E-state index is 12.3. The van der Waals surface area contributed by atoms with Crippen LogP contribution in [0, 0.1) is 5.92 Å². The van der Waals surface area contributed by atoms with Crippen molar-refractivity contribution >= 4 is 23.0 Å². The van der Waals surface area contributed by atoms with Gasteiger partial charge in [0.15, 0.2) is 0 Å². The lowest BCUT2D eigenvalue weighted by Gasteiger charge is -2.16. The van der Waals surface area contributed by atoms with Crippen molar-refractivity contribution in [3.63, 3.8) is 0 Å². The number of hydrogen-bond donors (Lipinski definition) is 2. The second kappa shape index (κ2) is 6.54. The lowest BCUT2D eigenvalue weighted by Crippen LogP contribution is -2.18. The zero-order chi connectivity index (χ0) is 16.4.